The fourth-order valence-electron chi connectivity index (χ4n) is 9.52. The SMILES string of the molecule is c1ccc2cc(-c3nc(-n4c5ccccc5c5cc6c7c8ccccc8ccc7n7c8ccccc8c(c54)c67)nc4ccc5ccccc5c34)ccc2c1. The highest BCUT2D eigenvalue weighted by atomic mass is 15.2. The summed E-state index contributed by atoms with van der Waals surface area (Å²) < 4.78 is 4.82. The van der Waals surface area contributed by atoms with Crippen molar-refractivity contribution in [3.63, 3.8) is 0 Å². The van der Waals surface area contributed by atoms with Crippen LogP contribution in [0.3, 0.4) is 0 Å². The molecule has 0 radical (unpaired) electrons. The van der Waals surface area contributed by atoms with Crippen LogP contribution in [0, 0.1) is 0 Å². The van der Waals surface area contributed by atoms with Gasteiger partial charge in [0.05, 0.1) is 38.8 Å². The Balaban J connectivity index is 1.24. The Morgan fingerprint density at radius 2 is 0.981 bits per heavy atom. The first-order valence-electron chi connectivity index (χ1n) is 18.5. The van der Waals surface area contributed by atoms with E-state index < -0.39 is 0 Å². The molecule has 0 aliphatic rings. The van der Waals surface area contributed by atoms with Gasteiger partial charge in [-0.15, -0.1) is 0 Å². The Kier molecular flexibility index (Phi) is 5.34. The number of benzene rings is 9. The van der Waals surface area contributed by atoms with Gasteiger partial charge >= 0.3 is 0 Å². The van der Waals surface area contributed by atoms with Crippen LogP contribution in [0.15, 0.2) is 170 Å². The summed E-state index contributed by atoms with van der Waals surface area (Å²) >= 11 is 0. The van der Waals surface area contributed by atoms with Crippen molar-refractivity contribution >= 4 is 103 Å². The zero-order valence-electron chi connectivity index (χ0n) is 29.0. The number of nitrogens with zero attached hydrogens (tertiary/aromatic N) is 4. The lowest BCUT2D eigenvalue weighted by molar-refractivity contribution is 1.02. The molecule has 0 aliphatic heterocycles. The van der Waals surface area contributed by atoms with Gasteiger partial charge in [0.1, 0.15) is 0 Å². The fourth-order valence-corrected chi connectivity index (χ4v) is 9.52. The van der Waals surface area contributed by atoms with Crippen LogP contribution in [0.1, 0.15) is 0 Å². The molecular weight excluding hydrogens is 657 g/mol. The molecule has 9 aromatic carbocycles. The number of hydrogen-bond donors (Lipinski definition) is 0. The van der Waals surface area contributed by atoms with Gasteiger partial charge in [-0.05, 0) is 68.7 Å². The van der Waals surface area contributed by atoms with Crippen LogP contribution in [0.5, 0.6) is 0 Å². The van der Waals surface area contributed by atoms with Gasteiger partial charge in [-0.1, -0.05) is 133 Å². The standard InChI is InChI=1S/C50H28N4/c1-2-14-32-27-33(22-21-29(32)11-1)47-45-35-16-6-4-12-30(35)23-25-40(45)51-50(52-47)54-41-19-9-7-17-36(41)38-28-39-44-34-15-5-3-13-31(34)24-26-43(44)53-42-20-10-8-18-37(42)46(48(38)54)49(39)53/h1-28H. The predicted molar refractivity (Wildman–Crippen MR) is 226 cm³/mol. The second kappa shape index (κ2) is 10.2. The van der Waals surface area contributed by atoms with Crippen LogP contribution in [0.2, 0.25) is 0 Å². The van der Waals surface area contributed by atoms with Gasteiger partial charge in [-0.3, -0.25) is 4.57 Å². The normalized spacial score (nSPS) is 12.4. The molecule has 248 valence electrons. The quantitative estimate of drug-likeness (QED) is 0.170. The summed E-state index contributed by atoms with van der Waals surface area (Å²) in [5.41, 5.74) is 8.82. The Hall–Kier alpha value is -7.30. The largest absolute Gasteiger partial charge is 0.308 e. The highest BCUT2D eigenvalue weighted by molar-refractivity contribution is 6.36. The van der Waals surface area contributed by atoms with Gasteiger partial charge < -0.3 is 4.40 Å². The van der Waals surface area contributed by atoms with E-state index in [1.54, 1.807) is 0 Å². The van der Waals surface area contributed by atoms with Crippen LogP contribution >= 0.6 is 0 Å². The van der Waals surface area contributed by atoms with Crippen molar-refractivity contribution in [2.75, 3.05) is 0 Å². The third kappa shape index (κ3) is 3.57. The van der Waals surface area contributed by atoms with Crippen molar-refractivity contribution in [1.82, 2.24) is 18.9 Å². The van der Waals surface area contributed by atoms with Crippen molar-refractivity contribution < 1.29 is 0 Å². The molecule has 4 heteroatoms. The van der Waals surface area contributed by atoms with E-state index in [0.29, 0.717) is 5.95 Å². The summed E-state index contributed by atoms with van der Waals surface area (Å²) in [7, 11) is 0. The summed E-state index contributed by atoms with van der Waals surface area (Å²) in [6.45, 7) is 0. The van der Waals surface area contributed by atoms with Crippen LogP contribution in [0.25, 0.3) is 120 Å². The molecule has 0 fully saturated rings. The van der Waals surface area contributed by atoms with Crippen LogP contribution in [-0.4, -0.2) is 18.9 Å². The second-order valence-corrected chi connectivity index (χ2v) is 14.5. The molecule has 0 amide bonds. The van der Waals surface area contributed by atoms with E-state index in [9.17, 15) is 0 Å². The predicted octanol–water partition coefficient (Wildman–Crippen LogP) is 13.0. The average Bonchev–Trinajstić information content (AvgIpc) is 3.88. The summed E-state index contributed by atoms with van der Waals surface area (Å²) in [5, 5.41) is 15.7. The summed E-state index contributed by atoms with van der Waals surface area (Å²) in [4.78, 5) is 11.1. The van der Waals surface area contributed by atoms with E-state index in [4.69, 9.17) is 9.97 Å². The molecule has 0 aliphatic carbocycles. The molecule has 0 spiro atoms. The molecule has 0 saturated heterocycles. The molecule has 4 aromatic heterocycles. The van der Waals surface area contributed by atoms with Crippen molar-refractivity contribution in [1.29, 1.82) is 0 Å². The van der Waals surface area contributed by atoms with E-state index >= 15 is 0 Å². The highest BCUT2D eigenvalue weighted by Crippen LogP contribution is 2.48. The van der Waals surface area contributed by atoms with Gasteiger partial charge in [-0.2, -0.15) is 0 Å². The maximum atomic E-state index is 5.63. The number of para-hydroxylation sites is 2. The van der Waals surface area contributed by atoms with Gasteiger partial charge in [-0.25, -0.2) is 9.97 Å². The smallest absolute Gasteiger partial charge is 0.235 e. The minimum absolute atomic E-state index is 0.667. The molecular formula is C50H28N4. The number of fused-ring (bicyclic) bond motifs is 16. The van der Waals surface area contributed by atoms with Gasteiger partial charge in [0, 0.05) is 43.3 Å². The van der Waals surface area contributed by atoms with E-state index in [0.717, 1.165) is 38.6 Å². The summed E-state index contributed by atoms with van der Waals surface area (Å²) in [5.74, 6) is 0.667. The minimum atomic E-state index is 0.667. The third-order valence-electron chi connectivity index (χ3n) is 11.8. The molecule has 13 aromatic rings. The fraction of sp³-hybridized carbons (Fsp3) is 0. The molecule has 0 N–H and O–H groups in total. The molecule has 0 atom stereocenters. The topological polar surface area (TPSA) is 35.1 Å². The van der Waals surface area contributed by atoms with Crippen LogP contribution in [0.4, 0.5) is 0 Å². The van der Waals surface area contributed by atoms with Crippen LogP contribution in [-0.2, 0) is 0 Å². The first-order chi connectivity index (χ1) is 26.8. The minimum Gasteiger partial charge on any atom is -0.308 e. The molecule has 0 bridgehead atoms. The maximum Gasteiger partial charge on any atom is 0.235 e. The Labute approximate surface area is 308 Å². The second-order valence-electron chi connectivity index (χ2n) is 14.5. The van der Waals surface area contributed by atoms with Gasteiger partial charge in [0.25, 0.3) is 0 Å². The first kappa shape index (κ1) is 28.3. The molecule has 0 unspecified atom stereocenters. The molecule has 0 saturated carbocycles. The van der Waals surface area contributed by atoms with Crippen molar-refractivity contribution in [2.45, 2.75) is 0 Å². The lowest BCUT2D eigenvalue weighted by Crippen LogP contribution is -2.04. The third-order valence-corrected chi connectivity index (χ3v) is 11.8. The molecule has 54 heavy (non-hydrogen) atoms. The van der Waals surface area contributed by atoms with Crippen molar-refractivity contribution in [3.8, 4) is 17.2 Å². The molecule has 4 heterocycles. The zero-order valence-corrected chi connectivity index (χ0v) is 29.0. The van der Waals surface area contributed by atoms with Crippen molar-refractivity contribution in [3.05, 3.63) is 170 Å². The van der Waals surface area contributed by atoms with E-state index in [1.165, 1.54) is 75.8 Å². The monoisotopic (exact) mass is 684 g/mol. The van der Waals surface area contributed by atoms with Gasteiger partial charge in [0.2, 0.25) is 5.95 Å². The van der Waals surface area contributed by atoms with Crippen LogP contribution < -0.4 is 0 Å². The maximum absolute atomic E-state index is 5.63. The van der Waals surface area contributed by atoms with Gasteiger partial charge in [0.15, 0.2) is 0 Å². The average molecular weight is 685 g/mol. The Morgan fingerprint density at radius 3 is 1.80 bits per heavy atom. The first-order valence-corrected chi connectivity index (χ1v) is 18.5. The summed E-state index contributed by atoms with van der Waals surface area (Å²) in [6, 6.07) is 61.5. The highest BCUT2D eigenvalue weighted by Gasteiger charge is 2.26. The Bertz CT molecular complexity index is 3740. The molecule has 4 nitrogen and oxygen atoms in total. The summed E-state index contributed by atoms with van der Waals surface area (Å²) in [6.07, 6.45) is 0. The number of rotatable bonds is 2. The lowest BCUT2D eigenvalue weighted by atomic mass is 9.98. The van der Waals surface area contributed by atoms with E-state index in [1.807, 2.05) is 0 Å². The molecule has 13 rings (SSSR count). The zero-order chi connectivity index (χ0) is 35.1. The van der Waals surface area contributed by atoms with E-state index in [2.05, 4.69) is 179 Å². The lowest BCUT2D eigenvalue weighted by Gasteiger charge is -2.14. The number of hydrogen-bond acceptors (Lipinski definition) is 2. The van der Waals surface area contributed by atoms with E-state index in [-0.39, 0.29) is 0 Å². The van der Waals surface area contributed by atoms with Crippen molar-refractivity contribution in [2.24, 2.45) is 0 Å². The number of aromatic nitrogens is 4. The Morgan fingerprint density at radius 1 is 0.352 bits per heavy atom.